The number of aromatic nitrogens is 2. The summed E-state index contributed by atoms with van der Waals surface area (Å²) in [5, 5.41) is 3.46. The number of hydrogen-bond donors (Lipinski definition) is 1. The lowest BCUT2D eigenvalue weighted by atomic mass is 10.2. The van der Waals surface area contributed by atoms with Crippen molar-refractivity contribution in [3.05, 3.63) is 34.7 Å². The molecule has 2 aromatic rings. The minimum atomic E-state index is 0.448. The van der Waals surface area contributed by atoms with Crippen LogP contribution < -0.4 is 5.32 Å². The predicted octanol–water partition coefficient (Wildman–Crippen LogP) is 2.52. The Morgan fingerprint density at radius 1 is 1.40 bits per heavy atom. The largest absolute Gasteiger partial charge is 0.309 e. The van der Waals surface area contributed by atoms with Gasteiger partial charge in [-0.1, -0.05) is 0 Å². The van der Waals surface area contributed by atoms with Crippen molar-refractivity contribution in [1.29, 1.82) is 0 Å². The first-order chi connectivity index (χ1) is 7.33. The molecule has 0 saturated carbocycles. The average Bonchev–Trinajstić information content (AvgIpc) is 2.84. The Kier molecular flexibility index (Phi) is 2.25. The summed E-state index contributed by atoms with van der Waals surface area (Å²) in [6.07, 6.45) is 6.61. The van der Waals surface area contributed by atoms with Crippen LogP contribution in [0.2, 0.25) is 0 Å². The third kappa shape index (κ3) is 1.68. The summed E-state index contributed by atoms with van der Waals surface area (Å²) in [4.78, 5) is 4.62. The molecule has 0 aliphatic carbocycles. The highest BCUT2D eigenvalue weighted by atomic mass is 79.9. The second-order valence-electron chi connectivity index (χ2n) is 3.93. The van der Waals surface area contributed by atoms with Crippen molar-refractivity contribution < 1.29 is 0 Å². The van der Waals surface area contributed by atoms with Crippen LogP contribution in [-0.2, 0) is 0 Å². The molecule has 78 valence electrons. The van der Waals surface area contributed by atoms with E-state index in [1.807, 2.05) is 18.3 Å². The molecule has 0 radical (unpaired) electrons. The van der Waals surface area contributed by atoms with E-state index in [2.05, 4.69) is 36.8 Å². The smallest absolute Gasteiger partial charge is 0.137 e. The molecule has 1 unspecified atom stereocenters. The van der Waals surface area contributed by atoms with Crippen LogP contribution in [0.15, 0.2) is 29.0 Å². The Morgan fingerprint density at radius 2 is 2.33 bits per heavy atom. The van der Waals surface area contributed by atoms with E-state index in [1.165, 1.54) is 12.8 Å². The van der Waals surface area contributed by atoms with Gasteiger partial charge in [0.05, 0.1) is 11.7 Å². The van der Waals surface area contributed by atoms with Gasteiger partial charge in [-0.25, -0.2) is 4.98 Å². The Bertz CT molecular complexity index is 486. The Balaban J connectivity index is 2.05. The Hall–Kier alpha value is -0.870. The van der Waals surface area contributed by atoms with Crippen LogP contribution in [0.3, 0.4) is 0 Å². The lowest BCUT2D eigenvalue weighted by Crippen LogP contribution is -2.12. The molecule has 0 spiro atoms. The van der Waals surface area contributed by atoms with Gasteiger partial charge in [-0.05, 0) is 47.4 Å². The first-order valence-corrected chi connectivity index (χ1v) is 6.00. The van der Waals surface area contributed by atoms with Crippen molar-refractivity contribution in [2.45, 2.75) is 18.9 Å². The van der Waals surface area contributed by atoms with Crippen molar-refractivity contribution in [2.75, 3.05) is 6.54 Å². The van der Waals surface area contributed by atoms with Gasteiger partial charge >= 0.3 is 0 Å². The molecular formula is C11H12BrN3. The highest BCUT2D eigenvalue weighted by Crippen LogP contribution is 2.23. The van der Waals surface area contributed by atoms with E-state index in [0.717, 1.165) is 22.4 Å². The summed E-state index contributed by atoms with van der Waals surface area (Å²) >= 11 is 3.46. The molecule has 3 rings (SSSR count). The average molecular weight is 266 g/mol. The quantitative estimate of drug-likeness (QED) is 0.859. The zero-order valence-corrected chi connectivity index (χ0v) is 9.87. The second-order valence-corrected chi connectivity index (χ2v) is 4.84. The van der Waals surface area contributed by atoms with Gasteiger partial charge in [0.25, 0.3) is 0 Å². The molecule has 0 amide bonds. The Morgan fingerprint density at radius 3 is 3.13 bits per heavy atom. The molecule has 15 heavy (non-hydrogen) atoms. The van der Waals surface area contributed by atoms with E-state index in [1.54, 1.807) is 0 Å². The number of fused-ring (bicyclic) bond motifs is 1. The van der Waals surface area contributed by atoms with Gasteiger partial charge in [-0.15, -0.1) is 0 Å². The van der Waals surface area contributed by atoms with Gasteiger partial charge in [-0.2, -0.15) is 0 Å². The minimum absolute atomic E-state index is 0.448. The van der Waals surface area contributed by atoms with Gasteiger partial charge in [-0.3, -0.25) is 0 Å². The molecule has 0 aromatic carbocycles. The van der Waals surface area contributed by atoms with Crippen molar-refractivity contribution in [3.63, 3.8) is 0 Å². The normalized spacial score (nSPS) is 21.3. The Labute approximate surface area is 96.6 Å². The van der Waals surface area contributed by atoms with Crippen LogP contribution in [0, 0.1) is 0 Å². The molecule has 1 N–H and O–H groups in total. The van der Waals surface area contributed by atoms with Crippen LogP contribution in [0.5, 0.6) is 0 Å². The number of hydrogen-bond acceptors (Lipinski definition) is 2. The van der Waals surface area contributed by atoms with Crippen LogP contribution in [0.4, 0.5) is 0 Å². The molecule has 3 nitrogen and oxygen atoms in total. The highest BCUT2D eigenvalue weighted by molar-refractivity contribution is 9.10. The van der Waals surface area contributed by atoms with Crippen LogP contribution in [0.1, 0.15) is 24.6 Å². The van der Waals surface area contributed by atoms with Gasteiger partial charge in [0.1, 0.15) is 5.65 Å². The fourth-order valence-corrected chi connectivity index (χ4v) is 2.44. The third-order valence-corrected chi connectivity index (χ3v) is 3.32. The maximum atomic E-state index is 4.62. The number of rotatable bonds is 1. The van der Waals surface area contributed by atoms with Crippen molar-refractivity contribution >= 4 is 21.6 Å². The summed E-state index contributed by atoms with van der Waals surface area (Å²) in [5.74, 6) is 0. The van der Waals surface area contributed by atoms with Gasteiger partial charge in [0, 0.05) is 16.9 Å². The van der Waals surface area contributed by atoms with Crippen molar-refractivity contribution in [3.8, 4) is 0 Å². The summed E-state index contributed by atoms with van der Waals surface area (Å²) in [6.45, 7) is 1.11. The van der Waals surface area contributed by atoms with E-state index in [-0.39, 0.29) is 0 Å². The zero-order chi connectivity index (χ0) is 10.3. The van der Waals surface area contributed by atoms with E-state index in [9.17, 15) is 0 Å². The fraction of sp³-hybridized carbons (Fsp3) is 0.364. The maximum absolute atomic E-state index is 4.62. The number of nitrogens with one attached hydrogen (secondary N) is 1. The summed E-state index contributed by atoms with van der Waals surface area (Å²) in [6, 6.07) is 4.50. The topological polar surface area (TPSA) is 29.3 Å². The SMILES string of the molecule is Brc1ccc2nc(C3CCCN3)cn2c1. The molecule has 1 atom stereocenters. The number of nitrogens with zero attached hydrogens (tertiary/aromatic N) is 2. The van der Waals surface area contributed by atoms with E-state index < -0.39 is 0 Å². The number of pyridine rings is 1. The molecule has 4 heteroatoms. The number of imidazole rings is 1. The third-order valence-electron chi connectivity index (χ3n) is 2.85. The van der Waals surface area contributed by atoms with Gasteiger partial charge in [0.15, 0.2) is 0 Å². The first-order valence-electron chi connectivity index (χ1n) is 5.20. The minimum Gasteiger partial charge on any atom is -0.309 e. The van der Waals surface area contributed by atoms with Crippen molar-refractivity contribution in [2.24, 2.45) is 0 Å². The van der Waals surface area contributed by atoms with Crippen molar-refractivity contribution in [1.82, 2.24) is 14.7 Å². The van der Waals surface area contributed by atoms with Crippen LogP contribution >= 0.6 is 15.9 Å². The lowest BCUT2D eigenvalue weighted by Gasteiger charge is -2.04. The molecule has 1 saturated heterocycles. The molecule has 2 aromatic heterocycles. The molecular weight excluding hydrogens is 254 g/mol. The second kappa shape index (κ2) is 3.61. The molecule has 1 aliphatic heterocycles. The highest BCUT2D eigenvalue weighted by Gasteiger charge is 2.18. The monoisotopic (exact) mass is 265 g/mol. The summed E-state index contributed by atoms with van der Waals surface area (Å²) < 4.78 is 3.15. The molecule has 1 aliphatic rings. The maximum Gasteiger partial charge on any atom is 0.137 e. The van der Waals surface area contributed by atoms with Crippen LogP contribution in [-0.4, -0.2) is 15.9 Å². The van der Waals surface area contributed by atoms with E-state index >= 15 is 0 Å². The lowest BCUT2D eigenvalue weighted by molar-refractivity contribution is 0.632. The molecule has 3 heterocycles. The first kappa shape index (κ1) is 9.36. The predicted molar refractivity (Wildman–Crippen MR) is 62.9 cm³/mol. The van der Waals surface area contributed by atoms with Gasteiger partial charge in [0.2, 0.25) is 0 Å². The van der Waals surface area contributed by atoms with Crippen LogP contribution in [0.25, 0.3) is 5.65 Å². The summed E-state index contributed by atoms with van der Waals surface area (Å²) in [5.41, 5.74) is 2.17. The summed E-state index contributed by atoms with van der Waals surface area (Å²) in [7, 11) is 0. The van der Waals surface area contributed by atoms with Gasteiger partial charge < -0.3 is 9.72 Å². The molecule has 1 fully saturated rings. The number of halogens is 1. The van der Waals surface area contributed by atoms with E-state index in [0.29, 0.717) is 6.04 Å². The zero-order valence-electron chi connectivity index (χ0n) is 8.28. The standard InChI is InChI=1S/C11H12BrN3/c12-8-3-4-11-14-10(7-15(11)6-8)9-2-1-5-13-9/h3-4,6-7,9,13H,1-2,5H2. The fourth-order valence-electron chi connectivity index (χ4n) is 2.09. The molecule has 0 bridgehead atoms. The van der Waals surface area contributed by atoms with E-state index in [4.69, 9.17) is 0 Å².